The van der Waals surface area contributed by atoms with Gasteiger partial charge in [-0.15, -0.1) is 10.2 Å². The summed E-state index contributed by atoms with van der Waals surface area (Å²) < 4.78 is 6.69. The lowest BCUT2D eigenvalue weighted by Crippen LogP contribution is -2.31. The zero-order valence-corrected chi connectivity index (χ0v) is 11.7. The number of carbonyl (C=O) groups excluding carboxylic acids is 1. The van der Waals surface area contributed by atoms with Crippen LogP contribution in [-0.2, 0) is 4.74 Å². The summed E-state index contributed by atoms with van der Waals surface area (Å²) in [4.78, 5) is 13.8. The number of likely N-dealkylation sites (N-methyl/N-ethyl adjacent to an activating group) is 1. The molecule has 0 N–H and O–H groups in total. The second kappa shape index (κ2) is 5.20. The molecule has 0 bridgehead atoms. The number of esters is 1. The monoisotopic (exact) mass is 274 g/mol. The van der Waals surface area contributed by atoms with Crippen molar-refractivity contribution in [2.24, 2.45) is 0 Å². The summed E-state index contributed by atoms with van der Waals surface area (Å²) in [6.45, 7) is 2.14. The summed E-state index contributed by atoms with van der Waals surface area (Å²) in [6.07, 6.45) is 4.16. The van der Waals surface area contributed by atoms with Crippen LogP contribution in [0.5, 0.6) is 0 Å². The molecule has 2 aromatic heterocycles. The van der Waals surface area contributed by atoms with Crippen LogP contribution in [-0.4, -0.2) is 52.7 Å². The highest BCUT2D eigenvalue weighted by atomic mass is 16.5. The number of nitrogens with zero attached hydrogens (tertiary/aromatic N) is 4. The number of fused-ring (bicyclic) bond motifs is 1. The first-order valence-electron chi connectivity index (χ1n) is 6.80. The molecule has 3 heterocycles. The highest BCUT2D eigenvalue weighted by molar-refractivity contribution is 5.90. The molecule has 2 aromatic rings. The zero-order valence-electron chi connectivity index (χ0n) is 11.7. The molecule has 1 aliphatic rings. The lowest BCUT2D eigenvalue weighted by molar-refractivity contribution is 0.0600. The maximum absolute atomic E-state index is 11.5. The van der Waals surface area contributed by atoms with Crippen molar-refractivity contribution in [1.29, 1.82) is 0 Å². The van der Waals surface area contributed by atoms with E-state index in [1.165, 1.54) is 13.5 Å². The molecule has 106 valence electrons. The van der Waals surface area contributed by atoms with E-state index in [0.717, 1.165) is 25.3 Å². The fourth-order valence-electron chi connectivity index (χ4n) is 2.81. The highest BCUT2D eigenvalue weighted by Crippen LogP contribution is 2.25. The Labute approximate surface area is 117 Å². The van der Waals surface area contributed by atoms with Crippen LogP contribution in [0.25, 0.3) is 5.65 Å². The maximum atomic E-state index is 11.5. The second-order valence-corrected chi connectivity index (χ2v) is 5.29. The Bertz CT molecular complexity index is 637. The summed E-state index contributed by atoms with van der Waals surface area (Å²) in [7, 11) is 3.50. The smallest absolute Gasteiger partial charge is 0.338 e. The lowest BCUT2D eigenvalue weighted by atomic mass is 9.98. The molecule has 0 amide bonds. The predicted octanol–water partition coefficient (Wildman–Crippen LogP) is 1.33. The minimum absolute atomic E-state index is 0.352. The minimum atomic E-state index is -0.352. The van der Waals surface area contributed by atoms with Crippen molar-refractivity contribution in [3.63, 3.8) is 0 Å². The molecule has 6 heteroatoms. The first-order valence-corrected chi connectivity index (χ1v) is 6.80. The third kappa shape index (κ3) is 2.27. The van der Waals surface area contributed by atoms with Crippen molar-refractivity contribution < 1.29 is 9.53 Å². The van der Waals surface area contributed by atoms with E-state index in [9.17, 15) is 4.79 Å². The van der Waals surface area contributed by atoms with Crippen LogP contribution in [0.4, 0.5) is 0 Å². The molecule has 6 nitrogen and oxygen atoms in total. The van der Waals surface area contributed by atoms with Crippen LogP contribution in [0.3, 0.4) is 0 Å². The van der Waals surface area contributed by atoms with E-state index in [2.05, 4.69) is 22.1 Å². The fraction of sp³-hybridized carbons (Fsp3) is 0.500. The molecule has 0 radical (unpaired) electrons. The SMILES string of the molecule is COC(=O)c1ccn2c(C3CCCN(C)C3)nnc2c1. The van der Waals surface area contributed by atoms with Gasteiger partial charge in [0.1, 0.15) is 5.82 Å². The van der Waals surface area contributed by atoms with Crippen LogP contribution >= 0.6 is 0 Å². The number of hydrogen-bond acceptors (Lipinski definition) is 5. The first kappa shape index (κ1) is 13.1. The fourth-order valence-corrected chi connectivity index (χ4v) is 2.81. The first-order chi connectivity index (χ1) is 9.69. The van der Waals surface area contributed by atoms with Crippen molar-refractivity contribution in [2.45, 2.75) is 18.8 Å². The van der Waals surface area contributed by atoms with Gasteiger partial charge in [-0.25, -0.2) is 4.79 Å². The standard InChI is InChI=1S/C14H18N4O2/c1-17-6-3-4-11(9-17)13-16-15-12-8-10(14(19)20-2)5-7-18(12)13/h5,7-8,11H,3-4,6,9H2,1-2H3. The Morgan fingerprint density at radius 3 is 3.05 bits per heavy atom. The molecule has 0 aromatic carbocycles. The molecule has 0 saturated carbocycles. The van der Waals surface area contributed by atoms with Gasteiger partial charge in [-0.1, -0.05) is 0 Å². The Morgan fingerprint density at radius 1 is 1.45 bits per heavy atom. The van der Waals surface area contributed by atoms with E-state index in [4.69, 9.17) is 4.74 Å². The van der Waals surface area contributed by atoms with Gasteiger partial charge < -0.3 is 9.64 Å². The Hall–Kier alpha value is -1.95. The van der Waals surface area contributed by atoms with Crippen LogP contribution in [0.2, 0.25) is 0 Å². The van der Waals surface area contributed by atoms with Crippen LogP contribution in [0, 0.1) is 0 Å². The number of rotatable bonds is 2. The zero-order chi connectivity index (χ0) is 14.1. The van der Waals surface area contributed by atoms with Gasteiger partial charge in [-0.2, -0.15) is 0 Å². The van der Waals surface area contributed by atoms with Gasteiger partial charge in [0.05, 0.1) is 12.7 Å². The number of likely N-dealkylation sites (tertiary alicyclic amines) is 1. The van der Waals surface area contributed by atoms with Crippen molar-refractivity contribution >= 4 is 11.6 Å². The largest absolute Gasteiger partial charge is 0.465 e. The number of piperidine rings is 1. The quantitative estimate of drug-likeness (QED) is 0.773. The molecule has 1 unspecified atom stereocenters. The van der Waals surface area contributed by atoms with Crippen molar-refractivity contribution in [3.05, 3.63) is 29.7 Å². The summed E-state index contributed by atoms with van der Waals surface area (Å²) in [5, 5.41) is 8.50. The van der Waals surface area contributed by atoms with Crippen molar-refractivity contribution in [3.8, 4) is 0 Å². The molecule has 3 rings (SSSR count). The number of aromatic nitrogens is 3. The summed E-state index contributed by atoms with van der Waals surface area (Å²) in [5.74, 6) is 1.02. The van der Waals surface area contributed by atoms with E-state index >= 15 is 0 Å². The van der Waals surface area contributed by atoms with Crippen molar-refractivity contribution in [1.82, 2.24) is 19.5 Å². The third-order valence-corrected chi connectivity index (χ3v) is 3.85. The highest BCUT2D eigenvalue weighted by Gasteiger charge is 2.23. The summed E-state index contributed by atoms with van der Waals surface area (Å²) in [6, 6.07) is 3.47. The molecule has 1 saturated heterocycles. The van der Waals surface area contributed by atoms with Gasteiger partial charge >= 0.3 is 5.97 Å². The Morgan fingerprint density at radius 2 is 2.30 bits per heavy atom. The van der Waals surface area contributed by atoms with Crippen molar-refractivity contribution in [2.75, 3.05) is 27.2 Å². The van der Waals surface area contributed by atoms with Gasteiger partial charge in [0.15, 0.2) is 5.65 Å². The molecule has 20 heavy (non-hydrogen) atoms. The van der Waals surface area contributed by atoms with E-state index in [1.54, 1.807) is 12.1 Å². The number of carbonyl (C=O) groups is 1. The maximum Gasteiger partial charge on any atom is 0.338 e. The third-order valence-electron chi connectivity index (χ3n) is 3.85. The van der Waals surface area contributed by atoms with E-state index in [0.29, 0.717) is 17.1 Å². The molecule has 1 fully saturated rings. The molecule has 1 atom stereocenters. The molecule has 0 aliphatic carbocycles. The Balaban J connectivity index is 1.95. The summed E-state index contributed by atoms with van der Waals surface area (Å²) >= 11 is 0. The predicted molar refractivity (Wildman–Crippen MR) is 73.8 cm³/mol. The molecular weight excluding hydrogens is 256 g/mol. The minimum Gasteiger partial charge on any atom is -0.465 e. The average Bonchev–Trinajstić information content (AvgIpc) is 2.89. The van der Waals surface area contributed by atoms with Crippen LogP contribution in [0.1, 0.15) is 34.9 Å². The molecule has 0 spiro atoms. The number of ether oxygens (including phenoxy) is 1. The second-order valence-electron chi connectivity index (χ2n) is 5.29. The van der Waals surface area contributed by atoms with Gasteiger partial charge in [-0.3, -0.25) is 4.40 Å². The van der Waals surface area contributed by atoms with Gasteiger partial charge in [0, 0.05) is 18.7 Å². The Kier molecular flexibility index (Phi) is 3.40. The summed E-state index contributed by atoms with van der Waals surface area (Å²) in [5.41, 5.74) is 1.19. The van der Waals surface area contributed by atoms with Gasteiger partial charge in [-0.05, 0) is 38.6 Å². The van der Waals surface area contributed by atoms with Gasteiger partial charge in [0.25, 0.3) is 0 Å². The lowest BCUT2D eigenvalue weighted by Gasteiger charge is -2.28. The van der Waals surface area contributed by atoms with Crippen LogP contribution in [0.15, 0.2) is 18.3 Å². The normalized spacial score (nSPS) is 20.2. The number of methoxy groups -OCH3 is 1. The number of pyridine rings is 1. The molecule has 1 aliphatic heterocycles. The topological polar surface area (TPSA) is 59.7 Å². The van der Waals surface area contributed by atoms with Crippen LogP contribution < -0.4 is 0 Å². The number of hydrogen-bond donors (Lipinski definition) is 0. The van der Waals surface area contributed by atoms with E-state index in [1.807, 2.05) is 10.6 Å². The van der Waals surface area contributed by atoms with E-state index < -0.39 is 0 Å². The average molecular weight is 274 g/mol. The van der Waals surface area contributed by atoms with Gasteiger partial charge in [0.2, 0.25) is 0 Å². The van der Waals surface area contributed by atoms with E-state index in [-0.39, 0.29) is 5.97 Å². The molecular formula is C14H18N4O2.